The molecule has 1 aromatic heterocycles. The maximum atomic E-state index is 11.5. The summed E-state index contributed by atoms with van der Waals surface area (Å²) in [4.78, 5) is 17.2. The van der Waals surface area contributed by atoms with Gasteiger partial charge in [0.25, 0.3) is 0 Å². The third kappa shape index (κ3) is 3.23. The zero-order valence-corrected chi connectivity index (χ0v) is 9.28. The lowest BCUT2D eigenvalue weighted by atomic mass is 10.5. The van der Waals surface area contributed by atoms with Gasteiger partial charge in [-0.15, -0.1) is 0 Å². The highest BCUT2D eigenvalue weighted by molar-refractivity contribution is 5.73. The van der Waals surface area contributed by atoms with E-state index in [0.717, 1.165) is 0 Å². The topological polar surface area (TPSA) is 71.3 Å². The Kier molecular flexibility index (Phi) is 4.08. The molecule has 1 heterocycles. The van der Waals surface area contributed by atoms with Gasteiger partial charge in [-0.1, -0.05) is 5.16 Å². The van der Waals surface area contributed by atoms with E-state index in [9.17, 15) is 4.79 Å². The van der Waals surface area contributed by atoms with E-state index in [0.29, 0.717) is 24.8 Å². The summed E-state index contributed by atoms with van der Waals surface area (Å²) in [7, 11) is 0. The van der Waals surface area contributed by atoms with E-state index in [2.05, 4.69) is 15.5 Å². The molecule has 1 aromatic rings. The molecule has 0 atom stereocenters. The molecule has 2 amide bonds. The van der Waals surface area contributed by atoms with Crippen LogP contribution in [0.2, 0.25) is 0 Å². The van der Waals surface area contributed by atoms with E-state index in [4.69, 9.17) is 4.52 Å². The molecule has 6 nitrogen and oxygen atoms in total. The molecule has 0 radical (unpaired) electrons. The van der Waals surface area contributed by atoms with Crippen molar-refractivity contribution in [3.8, 4) is 0 Å². The number of nitrogens with one attached hydrogen (secondary N) is 1. The number of rotatable bonds is 4. The highest BCUT2D eigenvalue weighted by Gasteiger charge is 2.10. The first-order valence-corrected chi connectivity index (χ1v) is 4.99. The Hall–Kier alpha value is -1.59. The van der Waals surface area contributed by atoms with E-state index >= 15 is 0 Å². The minimum Gasteiger partial charge on any atom is -0.337 e. The van der Waals surface area contributed by atoms with Gasteiger partial charge in [-0.3, -0.25) is 0 Å². The van der Waals surface area contributed by atoms with Crippen molar-refractivity contribution in [1.82, 2.24) is 20.4 Å². The predicted octanol–water partition coefficient (Wildman–Crippen LogP) is 0.929. The van der Waals surface area contributed by atoms with Gasteiger partial charge < -0.3 is 14.7 Å². The summed E-state index contributed by atoms with van der Waals surface area (Å²) in [6.07, 6.45) is 0. The molecule has 0 aliphatic rings. The summed E-state index contributed by atoms with van der Waals surface area (Å²) in [5, 5.41) is 6.33. The van der Waals surface area contributed by atoms with E-state index in [1.165, 1.54) is 0 Å². The van der Waals surface area contributed by atoms with Crippen molar-refractivity contribution >= 4 is 6.03 Å². The number of carbonyl (C=O) groups is 1. The quantitative estimate of drug-likeness (QED) is 0.805. The molecule has 0 saturated heterocycles. The minimum absolute atomic E-state index is 0.115. The average molecular weight is 212 g/mol. The van der Waals surface area contributed by atoms with Crippen LogP contribution in [0, 0.1) is 6.92 Å². The van der Waals surface area contributed by atoms with Crippen molar-refractivity contribution in [2.24, 2.45) is 0 Å². The molecule has 0 aliphatic heterocycles. The predicted molar refractivity (Wildman–Crippen MR) is 54.2 cm³/mol. The van der Waals surface area contributed by atoms with Crippen LogP contribution in [0.3, 0.4) is 0 Å². The highest BCUT2D eigenvalue weighted by atomic mass is 16.5. The minimum atomic E-state index is -0.115. The summed E-state index contributed by atoms with van der Waals surface area (Å²) in [6.45, 7) is 7.24. The standard InChI is InChI=1S/C9H16N4O2/c1-4-13(5-2)9(14)10-6-8-11-7(3)12-15-8/h4-6H2,1-3H3,(H,10,14). The fourth-order valence-electron chi connectivity index (χ4n) is 1.19. The second kappa shape index (κ2) is 5.33. The van der Waals surface area contributed by atoms with Crippen molar-refractivity contribution in [1.29, 1.82) is 0 Å². The summed E-state index contributed by atoms with van der Waals surface area (Å²) >= 11 is 0. The van der Waals surface area contributed by atoms with Gasteiger partial charge in [0.2, 0.25) is 5.89 Å². The van der Waals surface area contributed by atoms with Gasteiger partial charge in [-0.2, -0.15) is 4.98 Å². The van der Waals surface area contributed by atoms with Crippen molar-refractivity contribution in [2.45, 2.75) is 27.3 Å². The maximum absolute atomic E-state index is 11.5. The monoisotopic (exact) mass is 212 g/mol. The largest absolute Gasteiger partial charge is 0.337 e. The van der Waals surface area contributed by atoms with E-state index in [1.807, 2.05) is 13.8 Å². The Morgan fingerprint density at radius 3 is 2.60 bits per heavy atom. The first kappa shape index (κ1) is 11.5. The fourth-order valence-corrected chi connectivity index (χ4v) is 1.19. The van der Waals surface area contributed by atoms with Crippen LogP contribution in [0.4, 0.5) is 4.79 Å². The number of aryl methyl sites for hydroxylation is 1. The van der Waals surface area contributed by atoms with E-state index in [1.54, 1.807) is 11.8 Å². The Balaban J connectivity index is 2.40. The third-order valence-corrected chi connectivity index (χ3v) is 2.01. The molecule has 84 valence electrons. The van der Waals surface area contributed by atoms with Gasteiger partial charge in [-0.05, 0) is 20.8 Å². The molecule has 0 saturated carbocycles. The van der Waals surface area contributed by atoms with Gasteiger partial charge in [0.1, 0.15) is 0 Å². The van der Waals surface area contributed by atoms with Gasteiger partial charge in [-0.25, -0.2) is 4.79 Å². The lowest BCUT2D eigenvalue weighted by molar-refractivity contribution is 0.201. The molecule has 15 heavy (non-hydrogen) atoms. The normalized spacial score (nSPS) is 10.1. The van der Waals surface area contributed by atoms with Crippen LogP contribution in [-0.2, 0) is 6.54 Å². The second-order valence-electron chi connectivity index (χ2n) is 3.07. The van der Waals surface area contributed by atoms with Crippen LogP contribution in [0.1, 0.15) is 25.6 Å². The molecule has 0 aromatic carbocycles. The van der Waals surface area contributed by atoms with Gasteiger partial charge in [0.05, 0.1) is 6.54 Å². The number of nitrogens with zero attached hydrogens (tertiary/aromatic N) is 3. The number of hydrogen-bond acceptors (Lipinski definition) is 4. The first-order valence-electron chi connectivity index (χ1n) is 4.99. The second-order valence-corrected chi connectivity index (χ2v) is 3.07. The zero-order valence-electron chi connectivity index (χ0n) is 9.28. The average Bonchev–Trinajstić information content (AvgIpc) is 2.63. The van der Waals surface area contributed by atoms with Crippen LogP contribution >= 0.6 is 0 Å². The van der Waals surface area contributed by atoms with Crippen LogP contribution in [0.15, 0.2) is 4.52 Å². The van der Waals surface area contributed by atoms with Crippen molar-refractivity contribution in [3.05, 3.63) is 11.7 Å². The number of urea groups is 1. The van der Waals surface area contributed by atoms with Crippen molar-refractivity contribution < 1.29 is 9.32 Å². The van der Waals surface area contributed by atoms with Crippen molar-refractivity contribution in [2.75, 3.05) is 13.1 Å². The van der Waals surface area contributed by atoms with Crippen molar-refractivity contribution in [3.63, 3.8) is 0 Å². The molecule has 0 bridgehead atoms. The molecule has 0 unspecified atom stereocenters. The molecule has 0 aliphatic carbocycles. The van der Waals surface area contributed by atoms with E-state index < -0.39 is 0 Å². The molecular formula is C9H16N4O2. The Bertz CT molecular complexity index is 320. The summed E-state index contributed by atoms with van der Waals surface area (Å²) in [5.41, 5.74) is 0. The van der Waals surface area contributed by atoms with E-state index in [-0.39, 0.29) is 12.6 Å². The summed E-state index contributed by atoms with van der Waals surface area (Å²) in [5.74, 6) is 0.995. The van der Waals surface area contributed by atoms with Gasteiger partial charge in [0.15, 0.2) is 5.82 Å². The lowest BCUT2D eigenvalue weighted by Crippen LogP contribution is -2.39. The Labute approximate surface area is 88.6 Å². The zero-order chi connectivity index (χ0) is 11.3. The summed E-state index contributed by atoms with van der Waals surface area (Å²) in [6, 6.07) is -0.115. The Morgan fingerprint density at radius 1 is 1.47 bits per heavy atom. The number of aromatic nitrogens is 2. The SMILES string of the molecule is CCN(CC)C(=O)NCc1nc(C)no1. The molecule has 6 heteroatoms. The number of hydrogen-bond donors (Lipinski definition) is 1. The molecular weight excluding hydrogens is 196 g/mol. The van der Waals surface area contributed by atoms with Gasteiger partial charge >= 0.3 is 6.03 Å². The molecule has 1 rings (SSSR count). The number of carbonyl (C=O) groups excluding carboxylic acids is 1. The third-order valence-electron chi connectivity index (χ3n) is 2.01. The van der Waals surface area contributed by atoms with Crippen LogP contribution < -0.4 is 5.32 Å². The maximum Gasteiger partial charge on any atom is 0.317 e. The van der Waals surface area contributed by atoms with Crippen LogP contribution in [0.25, 0.3) is 0 Å². The van der Waals surface area contributed by atoms with Gasteiger partial charge in [0, 0.05) is 13.1 Å². The molecule has 0 spiro atoms. The molecule has 1 N–H and O–H groups in total. The van der Waals surface area contributed by atoms with Crippen LogP contribution in [0.5, 0.6) is 0 Å². The lowest BCUT2D eigenvalue weighted by Gasteiger charge is -2.18. The Morgan fingerprint density at radius 2 is 2.13 bits per heavy atom. The molecule has 0 fully saturated rings. The number of amides is 2. The highest BCUT2D eigenvalue weighted by Crippen LogP contribution is 1.96. The van der Waals surface area contributed by atoms with Crippen LogP contribution in [-0.4, -0.2) is 34.2 Å². The fraction of sp³-hybridized carbons (Fsp3) is 0.667. The first-order chi connectivity index (χ1) is 7.17. The smallest absolute Gasteiger partial charge is 0.317 e. The summed E-state index contributed by atoms with van der Waals surface area (Å²) < 4.78 is 4.87.